The number of nitrogens with zero attached hydrogens (tertiary/aromatic N) is 2. The molecular formula is C80H60N2. The minimum atomic E-state index is -0.288. The van der Waals surface area contributed by atoms with E-state index >= 15 is 0 Å². The summed E-state index contributed by atoms with van der Waals surface area (Å²) in [6.45, 7) is 9.68. The van der Waals surface area contributed by atoms with Crippen LogP contribution in [0.4, 0.5) is 22.7 Å². The maximum atomic E-state index is 2.56. The first-order valence-corrected chi connectivity index (χ1v) is 28.9. The van der Waals surface area contributed by atoms with E-state index in [1.807, 2.05) is 0 Å². The number of hydrogen-bond acceptors (Lipinski definition) is 2. The Bertz CT molecular complexity index is 4730. The molecule has 16 rings (SSSR count). The SMILES string of the molecule is CN1c2ccccc2C(C)(C)c2c(-c3cccc4c(-c5c6cccc(-c7ccc8ccccc8c7)c6cc6c(-c7ccc8ccccc8c7)cccc56)c5cccc(-c6cccc7c6C(C)(C)c6ccccc6N7C)c5cc34)cccc21. The van der Waals surface area contributed by atoms with Crippen molar-refractivity contribution < 1.29 is 0 Å². The van der Waals surface area contributed by atoms with Gasteiger partial charge in [-0.1, -0.05) is 234 Å². The Morgan fingerprint density at radius 1 is 0.244 bits per heavy atom. The lowest BCUT2D eigenvalue weighted by atomic mass is 9.70. The van der Waals surface area contributed by atoms with Crippen LogP contribution in [0.3, 0.4) is 0 Å². The van der Waals surface area contributed by atoms with Crippen LogP contribution in [0.5, 0.6) is 0 Å². The molecule has 2 heteroatoms. The monoisotopic (exact) mass is 1050 g/mol. The molecule has 0 bridgehead atoms. The third kappa shape index (κ3) is 6.94. The van der Waals surface area contributed by atoms with Crippen LogP contribution >= 0.6 is 0 Å². The predicted octanol–water partition coefficient (Wildman–Crippen LogP) is 21.8. The molecular weight excluding hydrogens is 989 g/mol. The third-order valence-electron chi connectivity index (χ3n) is 19.0. The molecule has 82 heavy (non-hydrogen) atoms. The smallest absolute Gasteiger partial charge is 0.0455 e. The van der Waals surface area contributed by atoms with Crippen molar-refractivity contribution in [1.82, 2.24) is 0 Å². The first-order valence-electron chi connectivity index (χ1n) is 28.9. The number of hydrogen-bond donors (Lipinski definition) is 0. The van der Waals surface area contributed by atoms with E-state index < -0.39 is 0 Å². The van der Waals surface area contributed by atoms with Crippen molar-refractivity contribution in [2.45, 2.75) is 38.5 Å². The molecule has 0 spiro atoms. The van der Waals surface area contributed by atoms with E-state index in [1.165, 1.54) is 165 Å². The van der Waals surface area contributed by atoms with Gasteiger partial charge in [0.2, 0.25) is 0 Å². The highest BCUT2D eigenvalue weighted by molar-refractivity contribution is 6.28. The second-order valence-corrected chi connectivity index (χ2v) is 24.0. The normalized spacial score (nSPS) is 14.1. The lowest BCUT2D eigenvalue weighted by Gasteiger charge is -2.42. The molecule has 0 amide bonds. The molecule has 0 saturated heterocycles. The zero-order chi connectivity index (χ0) is 55.2. The van der Waals surface area contributed by atoms with Gasteiger partial charge in [0, 0.05) is 47.7 Å². The summed E-state index contributed by atoms with van der Waals surface area (Å²) in [6.07, 6.45) is 0. The summed E-state index contributed by atoms with van der Waals surface area (Å²) >= 11 is 0. The van der Waals surface area contributed by atoms with Gasteiger partial charge in [-0.25, -0.2) is 0 Å². The molecule has 2 aliphatic heterocycles. The van der Waals surface area contributed by atoms with Gasteiger partial charge in [0.05, 0.1) is 0 Å². The van der Waals surface area contributed by atoms with Gasteiger partial charge in [-0.05, 0) is 191 Å². The van der Waals surface area contributed by atoms with Crippen LogP contribution in [0, 0.1) is 0 Å². The van der Waals surface area contributed by atoms with Crippen molar-refractivity contribution in [2.75, 3.05) is 23.9 Å². The van der Waals surface area contributed by atoms with Crippen molar-refractivity contribution >= 4 is 87.4 Å². The molecule has 0 atom stereocenters. The maximum Gasteiger partial charge on any atom is 0.0455 e. The summed E-state index contributed by atoms with van der Waals surface area (Å²) in [5.41, 5.74) is 22.1. The van der Waals surface area contributed by atoms with Crippen molar-refractivity contribution in [1.29, 1.82) is 0 Å². The molecule has 0 radical (unpaired) electrons. The minimum absolute atomic E-state index is 0.288. The predicted molar refractivity (Wildman–Crippen MR) is 352 cm³/mol. The average molecular weight is 1050 g/mol. The summed E-state index contributed by atoms with van der Waals surface area (Å²) in [7, 11) is 4.47. The Hall–Kier alpha value is -9.76. The summed E-state index contributed by atoms with van der Waals surface area (Å²) in [5.74, 6) is 0. The van der Waals surface area contributed by atoms with Crippen molar-refractivity contribution in [2.24, 2.45) is 0 Å². The van der Waals surface area contributed by atoms with Gasteiger partial charge in [0.15, 0.2) is 0 Å². The molecule has 0 fully saturated rings. The number of anilines is 4. The summed E-state index contributed by atoms with van der Waals surface area (Å²) in [5, 5.41) is 14.8. The number of para-hydroxylation sites is 2. The van der Waals surface area contributed by atoms with Crippen molar-refractivity contribution in [3.63, 3.8) is 0 Å². The average Bonchev–Trinajstić information content (AvgIpc) is 3.17. The largest absolute Gasteiger partial charge is 0.344 e. The Labute approximate surface area is 479 Å². The van der Waals surface area contributed by atoms with Crippen LogP contribution in [-0.2, 0) is 10.8 Å². The standard InChI is InChI=1S/C80H60N2/c1-79(2)69-35-11-13-37-71(69)81(5)73-39-19-33-63(77(73)79)57-27-17-31-61-67(57)48-68-58(64-34-20-40-74-78(64)80(3,4)70-36-12-14-38-72(70)82(74)6)28-18-32-62(68)76(61)75-59-29-15-25-55(53-43-41-49-21-7-9-23-51(49)45-53)65(59)47-66-56(26-16-30-60(66)75)54-44-42-50-22-8-10-24-52(50)46-54/h7-48H,1-6H3. The highest BCUT2D eigenvalue weighted by Crippen LogP contribution is 2.57. The summed E-state index contributed by atoms with van der Waals surface area (Å²) < 4.78 is 0. The molecule has 2 nitrogen and oxygen atoms in total. The Morgan fingerprint density at radius 3 is 0.976 bits per heavy atom. The number of rotatable bonds is 5. The van der Waals surface area contributed by atoms with E-state index in [9.17, 15) is 0 Å². The van der Waals surface area contributed by atoms with Gasteiger partial charge in [-0.15, -0.1) is 0 Å². The van der Waals surface area contributed by atoms with Gasteiger partial charge in [0.25, 0.3) is 0 Å². The van der Waals surface area contributed by atoms with E-state index in [0.717, 1.165) is 0 Å². The van der Waals surface area contributed by atoms with E-state index in [-0.39, 0.29) is 10.8 Å². The molecule has 2 aliphatic rings. The number of fused-ring (bicyclic) bond motifs is 10. The topological polar surface area (TPSA) is 6.48 Å². The molecule has 14 aromatic carbocycles. The molecule has 0 N–H and O–H groups in total. The van der Waals surface area contributed by atoms with Crippen LogP contribution in [0.25, 0.3) is 120 Å². The molecule has 0 unspecified atom stereocenters. The first kappa shape index (κ1) is 48.2. The van der Waals surface area contributed by atoms with E-state index in [4.69, 9.17) is 0 Å². The fourth-order valence-corrected chi connectivity index (χ4v) is 15.1. The molecule has 0 aromatic heterocycles. The molecule has 14 aromatic rings. The van der Waals surface area contributed by atoms with Crippen molar-refractivity contribution in [3.8, 4) is 55.6 Å². The van der Waals surface area contributed by atoms with Gasteiger partial charge in [-0.2, -0.15) is 0 Å². The molecule has 390 valence electrons. The quantitative estimate of drug-likeness (QED) is 0.159. The van der Waals surface area contributed by atoms with E-state index in [0.29, 0.717) is 0 Å². The maximum absolute atomic E-state index is 2.56. The van der Waals surface area contributed by atoms with Crippen LogP contribution < -0.4 is 9.80 Å². The summed E-state index contributed by atoms with van der Waals surface area (Å²) in [4.78, 5) is 4.81. The van der Waals surface area contributed by atoms with Gasteiger partial charge in [-0.3, -0.25) is 0 Å². The molecule has 0 saturated carbocycles. The van der Waals surface area contributed by atoms with E-state index in [2.05, 4.69) is 306 Å². The van der Waals surface area contributed by atoms with Crippen LogP contribution in [0.15, 0.2) is 255 Å². The second-order valence-electron chi connectivity index (χ2n) is 24.0. The second kappa shape index (κ2) is 17.9. The zero-order valence-electron chi connectivity index (χ0n) is 47.1. The highest BCUT2D eigenvalue weighted by atomic mass is 15.1. The van der Waals surface area contributed by atoms with Crippen LogP contribution in [0.1, 0.15) is 49.9 Å². The summed E-state index contributed by atoms with van der Waals surface area (Å²) in [6, 6.07) is 96.7. The Kier molecular flexibility index (Phi) is 10.5. The minimum Gasteiger partial charge on any atom is -0.344 e. The molecule has 2 heterocycles. The lowest BCUT2D eigenvalue weighted by Crippen LogP contribution is -2.31. The van der Waals surface area contributed by atoms with E-state index in [1.54, 1.807) is 0 Å². The van der Waals surface area contributed by atoms with Gasteiger partial charge in [0.1, 0.15) is 0 Å². The molecule has 0 aliphatic carbocycles. The third-order valence-corrected chi connectivity index (χ3v) is 19.0. The zero-order valence-corrected chi connectivity index (χ0v) is 47.1. The highest BCUT2D eigenvalue weighted by Gasteiger charge is 2.39. The fraction of sp³-hybridized carbons (Fsp3) is 0.100. The van der Waals surface area contributed by atoms with Crippen LogP contribution in [-0.4, -0.2) is 14.1 Å². The number of benzene rings is 14. The lowest BCUT2D eigenvalue weighted by molar-refractivity contribution is 0.631. The van der Waals surface area contributed by atoms with Gasteiger partial charge < -0.3 is 9.80 Å². The Morgan fingerprint density at radius 2 is 0.561 bits per heavy atom. The Balaban J connectivity index is 1.07. The first-order chi connectivity index (χ1) is 40.0. The van der Waals surface area contributed by atoms with Crippen LogP contribution in [0.2, 0.25) is 0 Å². The van der Waals surface area contributed by atoms with Crippen molar-refractivity contribution in [3.05, 3.63) is 277 Å². The van der Waals surface area contributed by atoms with Gasteiger partial charge >= 0.3 is 0 Å². The fourth-order valence-electron chi connectivity index (χ4n) is 15.1.